The standard InChI is InChI=1S/C16H25BrN2O/c1-12(2)20-9-8-19(3)15-7-4-13(16(17)10-15)11-18-14-5-6-14/h4,7,10,12,14,18H,5-6,8-9,11H2,1-3H3. The lowest BCUT2D eigenvalue weighted by molar-refractivity contribution is 0.0846. The van der Waals surface area contributed by atoms with Gasteiger partial charge in [-0.05, 0) is 44.4 Å². The number of hydrogen-bond donors (Lipinski definition) is 1. The maximum atomic E-state index is 5.60. The van der Waals surface area contributed by atoms with Crippen LogP contribution in [0.3, 0.4) is 0 Å². The zero-order valence-electron chi connectivity index (χ0n) is 12.7. The Morgan fingerprint density at radius 2 is 2.15 bits per heavy atom. The lowest BCUT2D eigenvalue weighted by Crippen LogP contribution is -2.24. The van der Waals surface area contributed by atoms with Crippen molar-refractivity contribution in [3.63, 3.8) is 0 Å². The summed E-state index contributed by atoms with van der Waals surface area (Å²) in [6.07, 6.45) is 2.95. The summed E-state index contributed by atoms with van der Waals surface area (Å²) in [4.78, 5) is 2.23. The van der Waals surface area contributed by atoms with Crippen molar-refractivity contribution in [1.29, 1.82) is 0 Å². The third kappa shape index (κ3) is 5.08. The Bertz CT molecular complexity index is 432. The summed E-state index contributed by atoms with van der Waals surface area (Å²) < 4.78 is 6.78. The Labute approximate surface area is 130 Å². The van der Waals surface area contributed by atoms with Crippen molar-refractivity contribution >= 4 is 21.6 Å². The lowest BCUT2D eigenvalue weighted by Gasteiger charge is -2.21. The van der Waals surface area contributed by atoms with Crippen LogP contribution in [0.15, 0.2) is 22.7 Å². The van der Waals surface area contributed by atoms with Crippen molar-refractivity contribution in [1.82, 2.24) is 5.32 Å². The normalized spacial score (nSPS) is 14.8. The molecule has 1 aromatic carbocycles. The fourth-order valence-electron chi connectivity index (χ4n) is 2.01. The predicted molar refractivity (Wildman–Crippen MR) is 88.4 cm³/mol. The van der Waals surface area contributed by atoms with Gasteiger partial charge in [-0.1, -0.05) is 22.0 Å². The van der Waals surface area contributed by atoms with E-state index in [2.05, 4.69) is 65.2 Å². The number of nitrogens with one attached hydrogen (secondary N) is 1. The first-order chi connectivity index (χ1) is 9.56. The highest BCUT2D eigenvalue weighted by Gasteiger charge is 2.20. The molecule has 0 spiro atoms. The molecule has 1 aliphatic carbocycles. The molecule has 0 unspecified atom stereocenters. The first-order valence-electron chi connectivity index (χ1n) is 7.41. The molecule has 0 atom stereocenters. The summed E-state index contributed by atoms with van der Waals surface area (Å²) in [5, 5.41) is 3.55. The van der Waals surface area contributed by atoms with E-state index < -0.39 is 0 Å². The van der Waals surface area contributed by atoms with Gasteiger partial charge in [0.05, 0.1) is 12.7 Å². The number of hydrogen-bond acceptors (Lipinski definition) is 3. The van der Waals surface area contributed by atoms with Gasteiger partial charge in [0.15, 0.2) is 0 Å². The number of anilines is 1. The summed E-state index contributed by atoms with van der Waals surface area (Å²) in [6.45, 7) is 6.75. The molecule has 1 aliphatic rings. The van der Waals surface area contributed by atoms with Crippen LogP contribution >= 0.6 is 15.9 Å². The molecule has 1 saturated carbocycles. The van der Waals surface area contributed by atoms with E-state index in [-0.39, 0.29) is 0 Å². The molecule has 4 heteroatoms. The van der Waals surface area contributed by atoms with E-state index in [9.17, 15) is 0 Å². The minimum atomic E-state index is 0.297. The average Bonchev–Trinajstić information content (AvgIpc) is 3.20. The van der Waals surface area contributed by atoms with Crippen LogP contribution in [-0.2, 0) is 11.3 Å². The fourth-order valence-corrected chi connectivity index (χ4v) is 2.52. The Kier molecular flexibility index (Phi) is 5.87. The molecule has 0 amide bonds. The second kappa shape index (κ2) is 7.43. The molecule has 20 heavy (non-hydrogen) atoms. The minimum absolute atomic E-state index is 0.297. The van der Waals surface area contributed by atoms with Gasteiger partial charge in [0, 0.05) is 36.3 Å². The van der Waals surface area contributed by atoms with Crippen molar-refractivity contribution in [2.45, 2.75) is 45.4 Å². The van der Waals surface area contributed by atoms with Crippen LogP contribution < -0.4 is 10.2 Å². The molecule has 0 saturated heterocycles. The van der Waals surface area contributed by atoms with Gasteiger partial charge in [-0.2, -0.15) is 0 Å². The predicted octanol–water partition coefficient (Wildman–Crippen LogP) is 3.56. The lowest BCUT2D eigenvalue weighted by atomic mass is 10.2. The van der Waals surface area contributed by atoms with Crippen molar-refractivity contribution in [2.75, 3.05) is 25.1 Å². The van der Waals surface area contributed by atoms with Crippen molar-refractivity contribution < 1.29 is 4.74 Å². The molecule has 0 bridgehead atoms. The maximum absolute atomic E-state index is 5.60. The van der Waals surface area contributed by atoms with E-state index in [0.717, 1.165) is 25.7 Å². The van der Waals surface area contributed by atoms with E-state index in [1.165, 1.54) is 28.6 Å². The monoisotopic (exact) mass is 340 g/mol. The van der Waals surface area contributed by atoms with Crippen LogP contribution in [0.1, 0.15) is 32.3 Å². The molecular weight excluding hydrogens is 316 g/mol. The molecule has 1 fully saturated rings. The number of rotatable bonds is 8. The second-order valence-electron chi connectivity index (χ2n) is 5.77. The maximum Gasteiger partial charge on any atom is 0.0644 e. The van der Waals surface area contributed by atoms with Gasteiger partial charge in [0.1, 0.15) is 0 Å². The highest BCUT2D eigenvalue weighted by molar-refractivity contribution is 9.10. The van der Waals surface area contributed by atoms with E-state index in [1.54, 1.807) is 0 Å². The van der Waals surface area contributed by atoms with Gasteiger partial charge in [-0.3, -0.25) is 0 Å². The smallest absolute Gasteiger partial charge is 0.0644 e. The Morgan fingerprint density at radius 1 is 1.40 bits per heavy atom. The van der Waals surface area contributed by atoms with Crippen LogP contribution in [0, 0.1) is 0 Å². The van der Waals surface area contributed by atoms with Gasteiger partial charge in [0.25, 0.3) is 0 Å². The Morgan fingerprint density at radius 3 is 2.75 bits per heavy atom. The summed E-state index contributed by atoms with van der Waals surface area (Å²) in [5.41, 5.74) is 2.55. The summed E-state index contributed by atoms with van der Waals surface area (Å²) in [5.74, 6) is 0. The van der Waals surface area contributed by atoms with Gasteiger partial charge in [-0.25, -0.2) is 0 Å². The first kappa shape index (κ1) is 15.8. The zero-order chi connectivity index (χ0) is 14.5. The molecule has 2 rings (SSSR count). The third-order valence-corrected chi connectivity index (χ3v) is 4.25. The SMILES string of the molecule is CC(C)OCCN(C)c1ccc(CNC2CC2)c(Br)c1. The van der Waals surface area contributed by atoms with Gasteiger partial charge < -0.3 is 15.0 Å². The van der Waals surface area contributed by atoms with E-state index in [4.69, 9.17) is 4.74 Å². The van der Waals surface area contributed by atoms with Crippen LogP contribution in [0.5, 0.6) is 0 Å². The van der Waals surface area contributed by atoms with Crippen molar-refractivity contribution in [3.8, 4) is 0 Å². The largest absolute Gasteiger partial charge is 0.377 e. The summed E-state index contributed by atoms with van der Waals surface area (Å²) in [7, 11) is 2.10. The highest BCUT2D eigenvalue weighted by Crippen LogP contribution is 2.25. The average molecular weight is 341 g/mol. The topological polar surface area (TPSA) is 24.5 Å². The van der Waals surface area contributed by atoms with Gasteiger partial charge >= 0.3 is 0 Å². The number of likely N-dealkylation sites (N-methyl/N-ethyl adjacent to an activating group) is 1. The van der Waals surface area contributed by atoms with Crippen molar-refractivity contribution in [2.24, 2.45) is 0 Å². The van der Waals surface area contributed by atoms with Crippen LogP contribution in [0.2, 0.25) is 0 Å². The summed E-state index contributed by atoms with van der Waals surface area (Å²) >= 11 is 3.68. The molecule has 3 nitrogen and oxygen atoms in total. The zero-order valence-corrected chi connectivity index (χ0v) is 14.2. The van der Waals surface area contributed by atoms with Crippen LogP contribution in [-0.4, -0.2) is 32.3 Å². The first-order valence-corrected chi connectivity index (χ1v) is 8.20. The number of halogens is 1. The molecule has 0 heterocycles. The molecule has 112 valence electrons. The molecule has 1 N–H and O–H groups in total. The van der Waals surface area contributed by atoms with Gasteiger partial charge in [-0.15, -0.1) is 0 Å². The highest BCUT2D eigenvalue weighted by atomic mass is 79.9. The number of ether oxygens (including phenoxy) is 1. The van der Waals surface area contributed by atoms with Crippen LogP contribution in [0.4, 0.5) is 5.69 Å². The Balaban J connectivity index is 1.86. The molecular formula is C16H25BrN2O. The fraction of sp³-hybridized carbons (Fsp3) is 0.625. The number of benzene rings is 1. The molecule has 0 aliphatic heterocycles. The molecule has 1 aromatic rings. The van der Waals surface area contributed by atoms with E-state index >= 15 is 0 Å². The van der Waals surface area contributed by atoms with Gasteiger partial charge in [0.2, 0.25) is 0 Å². The van der Waals surface area contributed by atoms with E-state index in [1.807, 2.05) is 0 Å². The quantitative estimate of drug-likeness (QED) is 0.782. The third-order valence-electron chi connectivity index (χ3n) is 3.51. The Hall–Kier alpha value is -0.580. The molecule has 0 aromatic heterocycles. The van der Waals surface area contributed by atoms with Crippen molar-refractivity contribution in [3.05, 3.63) is 28.2 Å². The second-order valence-corrected chi connectivity index (χ2v) is 6.63. The number of nitrogens with zero attached hydrogens (tertiary/aromatic N) is 1. The van der Waals surface area contributed by atoms with E-state index in [0.29, 0.717) is 6.10 Å². The van der Waals surface area contributed by atoms with Crippen LogP contribution in [0.25, 0.3) is 0 Å². The summed E-state index contributed by atoms with van der Waals surface area (Å²) in [6, 6.07) is 7.33. The minimum Gasteiger partial charge on any atom is -0.377 e. The molecule has 0 radical (unpaired) electrons.